The number of hydrogen-bond acceptors (Lipinski definition) is 5. The van der Waals surface area contributed by atoms with Crippen LogP contribution in [0.1, 0.15) is 46.0 Å². The highest BCUT2D eigenvalue weighted by Crippen LogP contribution is 2.21. The zero-order valence-electron chi connectivity index (χ0n) is 14.6. The first kappa shape index (κ1) is 20.9. The first-order valence-corrected chi connectivity index (χ1v) is 8.50. The molecule has 1 rings (SSSR count). The van der Waals surface area contributed by atoms with Crippen LogP contribution >= 0.6 is 0 Å². The molecule has 0 aromatic carbocycles. The van der Waals surface area contributed by atoms with Gasteiger partial charge < -0.3 is 26.2 Å². The Morgan fingerprint density at radius 2 is 1.92 bits per heavy atom. The predicted octanol–water partition coefficient (Wildman–Crippen LogP) is -0.215. The summed E-state index contributed by atoms with van der Waals surface area (Å²) < 4.78 is 0. The minimum absolute atomic E-state index is 0.0377. The Balaban J connectivity index is 2.83. The molecule has 1 fully saturated rings. The maximum Gasteiger partial charge on any atom is 0.326 e. The summed E-state index contributed by atoms with van der Waals surface area (Å²) in [5, 5.41) is 20.5. The van der Waals surface area contributed by atoms with E-state index in [0.717, 1.165) is 0 Å². The molecule has 0 spiro atoms. The Morgan fingerprint density at radius 1 is 1.28 bits per heavy atom. The van der Waals surface area contributed by atoms with Crippen molar-refractivity contribution in [3.8, 4) is 0 Å². The molecule has 0 bridgehead atoms. The number of nitrogens with one attached hydrogen (secondary N) is 1. The topological polar surface area (TPSA) is 150 Å². The first-order chi connectivity index (χ1) is 11.7. The van der Waals surface area contributed by atoms with Crippen LogP contribution in [-0.4, -0.2) is 63.5 Å². The largest absolute Gasteiger partial charge is 0.481 e. The third-order valence-electron chi connectivity index (χ3n) is 4.60. The van der Waals surface area contributed by atoms with Gasteiger partial charge in [0.2, 0.25) is 11.8 Å². The van der Waals surface area contributed by atoms with Gasteiger partial charge in [0.15, 0.2) is 0 Å². The van der Waals surface area contributed by atoms with E-state index in [1.54, 1.807) is 6.92 Å². The van der Waals surface area contributed by atoms with Gasteiger partial charge in [-0.25, -0.2) is 4.79 Å². The van der Waals surface area contributed by atoms with Crippen LogP contribution < -0.4 is 11.1 Å². The van der Waals surface area contributed by atoms with Crippen molar-refractivity contribution in [2.75, 3.05) is 6.54 Å². The second-order valence-electron chi connectivity index (χ2n) is 6.44. The Morgan fingerprint density at radius 3 is 2.44 bits per heavy atom. The molecule has 1 saturated heterocycles. The molecule has 0 radical (unpaired) electrons. The van der Waals surface area contributed by atoms with Crippen molar-refractivity contribution >= 4 is 23.8 Å². The average Bonchev–Trinajstić information content (AvgIpc) is 3.05. The number of nitrogens with two attached hydrogens (primary N) is 1. The number of hydrogen-bond donors (Lipinski definition) is 4. The quantitative estimate of drug-likeness (QED) is 0.445. The maximum absolute atomic E-state index is 12.8. The van der Waals surface area contributed by atoms with Gasteiger partial charge in [-0.05, 0) is 25.2 Å². The summed E-state index contributed by atoms with van der Waals surface area (Å²) in [6, 6.07) is -2.80. The van der Waals surface area contributed by atoms with Gasteiger partial charge in [0.1, 0.15) is 12.1 Å². The molecule has 4 unspecified atom stereocenters. The van der Waals surface area contributed by atoms with Crippen LogP contribution in [0.4, 0.5) is 0 Å². The molecule has 0 saturated carbocycles. The fourth-order valence-electron chi connectivity index (χ4n) is 2.82. The van der Waals surface area contributed by atoms with E-state index in [0.29, 0.717) is 25.8 Å². The van der Waals surface area contributed by atoms with E-state index < -0.39 is 41.9 Å². The Labute approximate surface area is 146 Å². The lowest BCUT2D eigenvalue weighted by Crippen LogP contribution is -2.56. The summed E-state index contributed by atoms with van der Waals surface area (Å²) in [4.78, 5) is 48.2. The third-order valence-corrected chi connectivity index (χ3v) is 4.60. The van der Waals surface area contributed by atoms with Crippen molar-refractivity contribution in [2.24, 2.45) is 11.7 Å². The van der Waals surface area contributed by atoms with Crippen molar-refractivity contribution < 1.29 is 29.4 Å². The van der Waals surface area contributed by atoms with Crippen LogP contribution in [0.3, 0.4) is 0 Å². The number of aliphatic carboxylic acids is 2. The van der Waals surface area contributed by atoms with Gasteiger partial charge >= 0.3 is 11.9 Å². The second-order valence-corrected chi connectivity index (χ2v) is 6.44. The van der Waals surface area contributed by atoms with E-state index in [2.05, 4.69) is 5.32 Å². The van der Waals surface area contributed by atoms with Crippen molar-refractivity contribution in [1.82, 2.24) is 10.2 Å². The maximum atomic E-state index is 12.8. The molecule has 4 atom stereocenters. The third kappa shape index (κ3) is 5.70. The van der Waals surface area contributed by atoms with Crippen molar-refractivity contribution in [3.63, 3.8) is 0 Å². The van der Waals surface area contributed by atoms with E-state index in [9.17, 15) is 24.3 Å². The number of carbonyl (C=O) groups excluding carboxylic acids is 2. The lowest BCUT2D eigenvalue weighted by atomic mass is 9.96. The molecule has 0 aromatic heterocycles. The highest BCUT2D eigenvalue weighted by molar-refractivity contribution is 5.92. The standard InChI is InChI=1S/C16H27N3O6/c1-3-9(2)13(18-14(22)10(17)6-7-12(20)21)15(23)19-8-4-5-11(19)16(24)25/h9-11,13H,3-8,17H2,1-2H3,(H,18,22)(H,20,21)(H,24,25). The van der Waals surface area contributed by atoms with Gasteiger partial charge in [-0.1, -0.05) is 20.3 Å². The summed E-state index contributed by atoms with van der Waals surface area (Å²) in [5.74, 6) is -3.36. The molecule has 9 heteroatoms. The monoisotopic (exact) mass is 357 g/mol. The van der Waals surface area contributed by atoms with Crippen LogP contribution in [0.25, 0.3) is 0 Å². The molecule has 1 heterocycles. The van der Waals surface area contributed by atoms with Crippen molar-refractivity contribution in [3.05, 3.63) is 0 Å². The number of carbonyl (C=O) groups is 4. The van der Waals surface area contributed by atoms with E-state index in [1.165, 1.54) is 4.90 Å². The Kier molecular flexibility index (Phi) is 7.82. The molecule has 142 valence electrons. The molecule has 2 amide bonds. The van der Waals surface area contributed by atoms with Gasteiger partial charge in [-0.2, -0.15) is 0 Å². The van der Waals surface area contributed by atoms with Gasteiger partial charge in [-0.3, -0.25) is 14.4 Å². The summed E-state index contributed by atoms with van der Waals surface area (Å²) in [7, 11) is 0. The number of carboxylic acids is 2. The fraction of sp³-hybridized carbons (Fsp3) is 0.750. The lowest BCUT2D eigenvalue weighted by molar-refractivity contribution is -0.150. The van der Waals surface area contributed by atoms with E-state index in [-0.39, 0.29) is 18.8 Å². The number of nitrogens with zero attached hydrogens (tertiary/aromatic N) is 1. The number of likely N-dealkylation sites (tertiary alicyclic amines) is 1. The number of amides is 2. The highest BCUT2D eigenvalue weighted by Gasteiger charge is 2.39. The van der Waals surface area contributed by atoms with Crippen molar-refractivity contribution in [2.45, 2.75) is 64.1 Å². The first-order valence-electron chi connectivity index (χ1n) is 8.50. The zero-order valence-corrected chi connectivity index (χ0v) is 14.6. The molecule has 25 heavy (non-hydrogen) atoms. The smallest absolute Gasteiger partial charge is 0.326 e. The van der Waals surface area contributed by atoms with Gasteiger partial charge in [0.05, 0.1) is 6.04 Å². The molecule has 0 aliphatic carbocycles. The number of carboxylic acid groups (broad SMARTS) is 2. The fourth-order valence-corrected chi connectivity index (χ4v) is 2.82. The summed E-state index contributed by atoms with van der Waals surface area (Å²) in [5.41, 5.74) is 5.69. The normalized spacial score (nSPS) is 20.6. The second kappa shape index (κ2) is 9.36. The predicted molar refractivity (Wildman–Crippen MR) is 88.6 cm³/mol. The van der Waals surface area contributed by atoms with Gasteiger partial charge in [0, 0.05) is 13.0 Å². The molecule has 9 nitrogen and oxygen atoms in total. The minimum atomic E-state index is -1.06. The molecular weight excluding hydrogens is 330 g/mol. The van der Waals surface area contributed by atoms with Crippen LogP contribution in [0.5, 0.6) is 0 Å². The van der Waals surface area contributed by atoms with E-state index in [4.69, 9.17) is 10.8 Å². The Hall–Kier alpha value is -2.16. The summed E-state index contributed by atoms with van der Waals surface area (Å²) >= 11 is 0. The average molecular weight is 357 g/mol. The molecule has 5 N–H and O–H groups in total. The molecular formula is C16H27N3O6. The highest BCUT2D eigenvalue weighted by atomic mass is 16.4. The zero-order chi connectivity index (χ0) is 19.1. The van der Waals surface area contributed by atoms with Crippen LogP contribution in [0.15, 0.2) is 0 Å². The van der Waals surface area contributed by atoms with Gasteiger partial charge in [-0.15, -0.1) is 0 Å². The minimum Gasteiger partial charge on any atom is -0.481 e. The number of rotatable bonds is 9. The SMILES string of the molecule is CCC(C)C(NC(=O)C(N)CCC(=O)O)C(=O)N1CCCC1C(=O)O. The van der Waals surface area contributed by atoms with Crippen LogP contribution in [0.2, 0.25) is 0 Å². The molecule has 1 aliphatic rings. The van der Waals surface area contributed by atoms with E-state index in [1.807, 2.05) is 6.92 Å². The lowest BCUT2D eigenvalue weighted by Gasteiger charge is -2.31. The molecule has 1 aliphatic heterocycles. The van der Waals surface area contributed by atoms with Crippen LogP contribution in [-0.2, 0) is 19.2 Å². The van der Waals surface area contributed by atoms with Crippen LogP contribution in [0, 0.1) is 5.92 Å². The van der Waals surface area contributed by atoms with Crippen molar-refractivity contribution in [1.29, 1.82) is 0 Å². The summed E-state index contributed by atoms with van der Waals surface area (Å²) in [6.07, 6.45) is 1.31. The van der Waals surface area contributed by atoms with E-state index >= 15 is 0 Å². The van der Waals surface area contributed by atoms with Gasteiger partial charge in [0.25, 0.3) is 0 Å². The summed E-state index contributed by atoms with van der Waals surface area (Å²) in [6.45, 7) is 3.99. The Bertz CT molecular complexity index is 524. The molecule has 0 aromatic rings.